The maximum atomic E-state index is 6.15. The molecule has 0 spiro atoms. The first-order chi connectivity index (χ1) is 15.4. The Morgan fingerprint density at radius 3 is 2.42 bits per heavy atom. The fourth-order valence-corrected chi connectivity index (χ4v) is 5.11. The third-order valence-electron chi connectivity index (χ3n) is 6.88. The van der Waals surface area contributed by atoms with Gasteiger partial charge in [-0.25, -0.2) is 0 Å². The number of guanidine groups is 1. The highest BCUT2D eigenvalue weighted by Crippen LogP contribution is 2.36. The summed E-state index contributed by atoms with van der Waals surface area (Å²) in [5, 5.41) is 7.21. The molecule has 0 aliphatic carbocycles. The summed E-state index contributed by atoms with van der Waals surface area (Å²) in [6.07, 6.45) is 4.58. The molecular weight excluding hydrogens is 529 g/mol. The number of nitrogens with one attached hydrogen (secondary N) is 2. The van der Waals surface area contributed by atoms with E-state index >= 15 is 0 Å². The number of halogens is 1. The van der Waals surface area contributed by atoms with E-state index in [1.165, 1.54) is 12.0 Å². The van der Waals surface area contributed by atoms with Gasteiger partial charge in [-0.2, -0.15) is 0 Å². The predicted molar refractivity (Wildman–Crippen MR) is 146 cm³/mol. The lowest BCUT2D eigenvalue weighted by Crippen LogP contribution is -2.50. The molecule has 6 nitrogen and oxygen atoms in total. The van der Waals surface area contributed by atoms with Gasteiger partial charge in [0.1, 0.15) is 5.75 Å². The standard InChI is InChI=1S/C26H43N3O3.HI/c1-6-31-22-11-9-21(10-12-22)26(13-16-30-17-14-26)19-29-24(27-5)28-18-20-8-7-15-32-23(20)25(2,3)4;/h9-12,20,23H,6-8,13-19H2,1-5H3,(H2,27,28,29);1H. The second kappa shape index (κ2) is 13.1. The molecule has 2 aliphatic rings. The highest BCUT2D eigenvalue weighted by Gasteiger charge is 2.36. The van der Waals surface area contributed by atoms with Crippen molar-refractivity contribution in [1.29, 1.82) is 0 Å². The second-order valence-corrected chi connectivity index (χ2v) is 10.2. The molecule has 2 aliphatic heterocycles. The maximum absolute atomic E-state index is 6.15. The molecule has 2 fully saturated rings. The average Bonchev–Trinajstić information content (AvgIpc) is 2.80. The zero-order valence-electron chi connectivity index (χ0n) is 21.1. The molecule has 2 unspecified atom stereocenters. The van der Waals surface area contributed by atoms with Crippen LogP contribution in [-0.2, 0) is 14.9 Å². The van der Waals surface area contributed by atoms with Crippen LogP contribution in [-0.4, -0.2) is 58.6 Å². The zero-order chi connectivity index (χ0) is 23.0. The van der Waals surface area contributed by atoms with Gasteiger partial charge >= 0.3 is 0 Å². The first-order valence-electron chi connectivity index (χ1n) is 12.3. The quantitative estimate of drug-likeness (QED) is 0.280. The summed E-state index contributed by atoms with van der Waals surface area (Å²) in [6.45, 7) is 13.7. The van der Waals surface area contributed by atoms with Crippen molar-refractivity contribution in [1.82, 2.24) is 10.6 Å². The molecule has 1 aromatic rings. The third-order valence-corrected chi connectivity index (χ3v) is 6.88. The minimum Gasteiger partial charge on any atom is -0.494 e. The van der Waals surface area contributed by atoms with E-state index < -0.39 is 0 Å². The minimum atomic E-state index is 0. The van der Waals surface area contributed by atoms with Gasteiger partial charge in [0.05, 0.1) is 12.7 Å². The van der Waals surface area contributed by atoms with Crippen LogP contribution >= 0.6 is 24.0 Å². The number of hydrogen-bond acceptors (Lipinski definition) is 4. The van der Waals surface area contributed by atoms with Gasteiger partial charge in [0, 0.05) is 51.3 Å². The van der Waals surface area contributed by atoms with Crippen molar-refractivity contribution in [3.05, 3.63) is 29.8 Å². The Morgan fingerprint density at radius 2 is 1.82 bits per heavy atom. The van der Waals surface area contributed by atoms with Gasteiger partial charge in [-0.15, -0.1) is 24.0 Å². The Labute approximate surface area is 217 Å². The molecular formula is C26H44IN3O3. The van der Waals surface area contributed by atoms with Gasteiger partial charge in [-0.3, -0.25) is 4.99 Å². The lowest BCUT2D eigenvalue weighted by molar-refractivity contribution is -0.0835. The summed E-state index contributed by atoms with van der Waals surface area (Å²) in [4.78, 5) is 4.51. The van der Waals surface area contributed by atoms with Crippen molar-refractivity contribution in [2.24, 2.45) is 16.3 Å². The fraction of sp³-hybridized carbons (Fsp3) is 0.731. The summed E-state index contributed by atoms with van der Waals surface area (Å²) < 4.78 is 17.5. The predicted octanol–water partition coefficient (Wildman–Crippen LogP) is 4.76. The van der Waals surface area contributed by atoms with Crippen molar-refractivity contribution in [2.75, 3.05) is 46.6 Å². The van der Waals surface area contributed by atoms with Gasteiger partial charge in [0.15, 0.2) is 5.96 Å². The van der Waals surface area contributed by atoms with E-state index in [0.29, 0.717) is 12.5 Å². The van der Waals surface area contributed by atoms with Crippen molar-refractivity contribution >= 4 is 29.9 Å². The van der Waals surface area contributed by atoms with Crippen molar-refractivity contribution in [3.8, 4) is 5.75 Å². The van der Waals surface area contributed by atoms with Crippen LogP contribution in [0.25, 0.3) is 0 Å². The molecule has 1 aromatic carbocycles. The molecule has 2 atom stereocenters. The molecule has 3 rings (SSSR count). The molecule has 2 saturated heterocycles. The first-order valence-corrected chi connectivity index (χ1v) is 12.3. The number of benzene rings is 1. The van der Waals surface area contributed by atoms with E-state index in [9.17, 15) is 0 Å². The van der Waals surface area contributed by atoms with E-state index in [1.807, 2.05) is 14.0 Å². The molecule has 0 saturated carbocycles. The Kier molecular flexibility index (Phi) is 11.2. The van der Waals surface area contributed by atoms with Gasteiger partial charge in [0.25, 0.3) is 0 Å². The van der Waals surface area contributed by atoms with Crippen LogP contribution in [0.1, 0.15) is 58.9 Å². The van der Waals surface area contributed by atoms with E-state index in [0.717, 1.165) is 63.9 Å². The Balaban J connectivity index is 0.00000385. The highest BCUT2D eigenvalue weighted by molar-refractivity contribution is 14.0. The van der Waals surface area contributed by atoms with Gasteiger partial charge < -0.3 is 24.8 Å². The molecule has 0 radical (unpaired) electrons. The zero-order valence-corrected chi connectivity index (χ0v) is 23.4. The number of rotatable bonds is 7. The van der Waals surface area contributed by atoms with E-state index in [1.54, 1.807) is 0 Å². The summed E-state index contributed by atoms with van der Waals surface area (Å²) >= 11 is 0. The lowest BCUT2D eigenvalue weighted by Gasteiger charge is -2.41. The number of aliphatic imine (C=N–C) groups is 1. The third kappa shape index (κ3) is 7.72. The van der Waals surface area contributed by atoms with Crippen LogP contribution in [0.2, 0.25) is 0 Å². The number of nitrogens with zero attached hydrogens (tertiary/aromatic N) is 1. The monoisotopic (exact) mass is 573 g/mol. The molecule has 7 heteroatoms. The second-order valence-electron chi connectivity index (χ2n) is 10.2. The maximum Gasteiger partial charge on any atom is 0.191 e. The summed E-state index contributed by atoms with van der Waals surface area (Å²) in [6, 6.07) is 8.58. The smallest absolute Gasteiger partial charge is 0.191 e. The van der Waals surface area contributed by atoms with Gasteiger partial charge in [-0.05, 0) is 55.7 Å². The summed E-state index contributed by atoms with van der Waals surface area (Å²) in [5.74, 6) is 2.28. The fourth-order valence-electron chi connectivity index (χ4n) is 5.11. The Hall–Kier alpha value is -1.06. The Bertz CT molecular complexity index is 727. The highest BCUT2D eigenvalue weighted by atomic mass is 127. The molecule has 2 heterocycles. The largest absolute Gasteiger partial charge is 0.494 e. The SMILES string of the molecule is CCOc1ccc(C2(CNC(=NC)NCC3CCCOC3C(C)(C)C)CCOCC2)cc1.I. The van der Waals surface area contributed by atoms with Crippen LogP contribution in [0.4, 0.5) is 0 Å². The normalized spacial score (nSPS) is 23.4. The lowest BCUT2D eigenvalue weighted by atomic mass is 9.74. The molecule has 0 amide bonds. The van der Waals surface area contributed by atoms with Gasteiger partial charge in [0.2, 0.25) is 0 Å². The minimum absolute atomic E-state index is 0. The number of hydrogen-bond donors (Lipinski definition) is 2. The van der Waals surface area contributed by atoms with Crippen LogP contribution in [0.3, 0.4) is 0 Å². The van der Waals surface area contributed by atoms with Crippen LogP contribution in [0.5, 0.6) is 5.75 Å². The first kappa shape index (κ1) is 28.2. The van der Waals surface area contributed by atoms with Crippen molar-refractivity contribution in [3.63, 3.8) is 0 Å². The van der Waals surface area contributed by atoms with E-state index in [2.05, 4.69) is 60.7 Å². The van der Waals surface area contributed by atoms with Crippen LogP contribution < -0.4 is 15.4 Å². The van der Waals surface area contributed by atoms with Crippen molar-refractivity contribution in [2.45, 2.75) is 64.9 Å². The van der Waals surface area contributed by atoms with Crippen molar-refractivity contribution < 1.29 is 14.2 Å². The number of ether oxygens (including phenoxy) is 3. The molecule has 33 heavy (non-hydrogen) atoms. The van der Waals surface area contributed by atoms with Gasteiger partial charge in [-0.1, -0.05) is 32.9 Å². The average molecular weight is 574 g/mol. The topological polar surface area (TPSA) is 64.1 Å². The molecule has 0 bridgehead atoms. The van der Waals surface area contributed by atoms with E-state index in [-0.39, 0.29) is 40.9 Å². The molecule has 2 N–H and O–H groups in total. The molecule has 0 aromatic heterocycles. The Morgan fingerprint density at radius 1 is 1.12 bits per heavy atom. The van der Waals surface area contributed by atoms with E-state index in [4.69, 9.17) is 14.2 Å². The van der Waals surface area contributed by atoms with Crippen LogP contribution in [0.15, 0.2) is 29.3 Å². The summed E-state index contributed by atoms with van der Waals surface area (Å²) in [7, 11) is 1.85. The summed E-state index contributed by atoms with van der Waals surface area (Å²) in [5.41, 5.74) is 1.51. The van der Waals surface area contributed by atoms with Crippen LogP contribution in [0, 0.1) is 11.3 Å². The molecule has 188 valence electrons.